The van der Waals surface area contributed by atoms with Crippen molar-refractivity contribution in [3.63, 3.8) is 0 Å². The summed E-state index contributed by atoms with van der Waals surface area (Å²) in [6.45, 7) is 2.23. The van der Waals surface area contributed by atoms with Crippen LogP contribution in [0, 0.1) is 6.92 Å². The Morgan fingerprint density at radius 1 is 1.15 bits per heavy atom. The number of rotatable bonds is 8. The number of hydrogen-bond acceptors (Lipinski definition) is 3. The Kier molecular flexibility index (Phi) is 7.06. The quantitative estimate of drug-likeness (QED) is 0.747. The van der Waals surface area contributed by atoms with Crippen LogP contribution >= 0.6 is 11.6 Å². The number of nitrogens with zero attached hydrogens (tertiary/aromatic N) is 1. The van der Waals surface area contributed by atoms with Gasteiger partial charge in [0.25, 0.3) is 0 Å². The van der Waals surface area contributed by atoms with Crippen molar-refractivity contribution in [1.82, 2.24) is 5.32 Å². The van der Waals surface area contributed by atoms with Crippen molar-refractivity contribution in [1.29, 1.82) is 0 Å². The molecule has 26 heavy (non-hydrogen) atoms. The van der Waals surface area contributed by atoms with E-state index in [0.717, 1.165) is 17.4 Å². The Morgan fingerprint density at radius 3 is 2.46 bits per heavy atom. The van der Waals surface area contributed by atoms with Crippen LogP contribution in [0.2, 0.25) is 5.02 Å². The number of amides is 1. The zero-order chi connectivity index (χ0) is 19.2. The predicted molar refractivity (Wildman–Crippen MR) is 106 cm³/mol. The summed E-state index contributed by atoms with van der Waals surface area (Å²) in [5.41, 5.74) is 2.45. The van der Waals surface area contributed by atoms with Gasteiger partial charge < -0.3 is 5.32 Å². The van der Waals surface area contributed by atoms with Crippen molar-refractivity contribution >= 4 is 33.2 Å². The molecule has 2 aromatic rings. The second kappa shape index (κ2) is 9.05. The van der Waals surface area contributed by atoms with Gasteiger partial charge in [0.05, 0.1) is 18.5 Å². The van der Waals surface area contributed by atoms with Gasteiger partial charge in [0.2, 0.25) is 15.9 Å². The summed E-state index contributed by atoms with van der Waals surface area (Å²) in [7, 11) is -3.48. The highest BCUT2D eigenvalue weighted by molar-refractivity contribution is 7.92. The van der Waals surface area contributed by atoms with Gasteiger partial charge in [-0.1, -0.05) is 48.0 Å². The van der Waals surface area contributed by atoms with Crippen LogP contribution in [0.1, 0.15) is 17.5 Å². The second-order valence-corrected chi connectivity index (χ2v) is 8.42. The molecular formula is C19H23ClN2O3S. The molecule has 0 atom stereocenters. The number of carbonyl (C=O) groups excluding carboxylic acids is 1. The zero-order valence-corrected chi connectivity index (χ0v) is 16.5. The van der Waals surface area contributed by atoms with E-state index in [1.165, 1.54) is 4.31 Å². The van der Waals surface area contributed by atoms with Crippen LogP contribution in [0.25, 0.3) is 0 Å². The van der Waals surface area contributed by atoms with Crippen LogP contribution in [0.15, 0.2) is 48.5 Å². The standard InChI is InChI=1S/C19H23ClN2O3S/c1-15-8-10-17(14-18(15)20)22(26(2,24)25)13-12-21-19(23)11-9-16-6-4-3-5-7-16/h3-8,10,14H,9,11-13H2,1-2H3,(H,21,23). The molecule has 7 heteroatoms. The first kappa shape index (κ1) is 20.3. The van der Waals surface area contributed by atoms with E-state index in [1.807, 2.05) is 37.3 Å². The molecule has 0 spiro atoms. The Balaban J connectivity index is 1.91. The predicted octanol–water partition coefficient (Wildman–Crippen LogP) is 3.16. The Labute approximate surface area is 160 Å². The lowest BCUT2D eigenvalue weighted by Crippen LogP contribution is -2.38. The molecule has 1 amide bonds. The Bertz CT molecular complexity index is 854. The molecule has 0 aliphatic heterocycles. The fourth-order valence-corrected chi connectivity index (χ4v) is 3.61. The molecule has 0 unspecified atom stereocenters. The summed E-state index contributed by atoms with van der Waals surface area (Å²) in [5.74, 6) is -0.107. The van der Waals surface area contributed by atoms with Gasteiger partial charge in [-0.05, 0) is 36.6 Å². The molecule has 5 nitrogen and oxygen atoms in total. The van der Waals surface area contributed by atoms with Crippen molar-refractivity contribution in [3.05, 3.63) is 64.7 Å². The molecule has 0 heterocycles. The maximum absolute atomic E-state index is 12.1. The second-order valence-electron chi connectivity index (χ2n) is 6.10. The highest BCUT2D eigenvalue weighted by atomic mass is 35.5. The van der Waals surface area contributed by atoms with E-state index in [1.54, 1.807) is 18.2 Å². The van der Waals surface area contributed by atoms with Crippen LogP contribution in [0.5, 0.6) is 0 Å². The Morgan fingerprint density at radius 2 is 1.85 bits per heavy atom. The Hall–Kier alpha value is -2.05. The molecule has 0 saturated heterocycles. The van der Waals surface area contributed by atoms with E-state index in [9.17, 15) is 13.2 Å². The van der Waals surface area contributed by atoms with Gasteiger partial charge >= 0.3 is 0 Å². The van der Waals surface area contributed by atoms with Crippen LogP contribution < -0.4 is 9.62 Å². The fraction of sp³-hybridized carbons (Fsp3) is 0.316. The van der Waals surface area contributed by atoms with Crippen LogP contribution in [0.4, 0.5) is 5.69 Å². The topological polar surface area (TPSA) is 66.5 Å². The molecular weight excluding hydrogens is 372 g/mol. The van der Waals surface area contributed by atoms with Gasteiger partial charge in [0.15, 0.2) is 0 Å². The van der Waals surface area contributed by atoms with Crippen molar-refractivity contribution in [2.24, 2.45) is 0 Å². The third kappa shape index (κ3) is 6.04. The number of halogens is 1. The maximum Gasteiger partial charge on any atom is 0.232 e. The number of aryl methyl sites for hydroxylation is 2. The zero-order valence-electron chi connectivity index (χ0n) is 14.9. The molecule has 2 rings (SSSR count). The molecule has 0 aliphatic rings. The third-order valence-electron chi connectivity index (χ3n) is 3.96. The summed E-state index contributed by atoms with van der Waals surface area (Å²) in [5, 5.41) is 3.28. The van der Waals surface area contributed by atoms with Gasteiger partial charge in [-0.25, -0.2) is 8.42 Å². The van der Waals surface area contributed by atoms with Crippen molar-refractivity contribution in [2.75, 3.05) is 23.7 Å². The molecule has 0 aliphatic carbocycles. The summed E-state index contributed by atoms with van der Waals surface area (Å²) >= 11 is 6.10. The molecule has 0 bridgehead atoms. The number of anilines is 1. The maximum atomic E-state index is 12.1. The lowest BCUT2D eigenvalue weighted by Gasteiger charge is -2.23. The van der Waals surface area contributed by atoms with Crippen molar-refractivity contribution < 1.29 is 13.2 Å². The summed E-state index contributed by atoms with van der Waals surface area (Å²) in [6.07, 6.45) is 2.15. The molecule has 0 saturated carbocycles. The fourth-order valence-electron chi connectivity index (χ4n) is 2.51. The average molecular weight is 395 g/mol. The van der Waals surface area contributed by atoms with Gasteiger partial charge in [-0.15, -0.1) is 0 Å². The first-order chi connectivity index (χ1) is 12.3. The lowest BCUT2D eigenvalue weighted by atomic mass is 10.1. The van der Waals surface area contributed by atoms with Gasteiger partial charge in [0.1, 0.15) is 0 Å². The molecule has 1 N–H and O–H groups in total. The number of sulfonamides is 1. The van der Waals surface area contributed by atoms with E-state index < -0.39 is 10.0 Å². The van der Waals surface area contributed by atoms with E-state index in [4.69, 9.17) is 11.6 Å². The first-order valence-electron chi connectivity index (χ1n) is 8.32. The summed E-state index contributed by atoms with van der Waals surface area (Å²) in [4.78, 5) is 12.0. The molecule has 0 aromatic heterocycles. The van der Waals surface area contributed by atoms with Crippen LogP contribution in [0.3, 0.4) is 0 Å². The van der Waals surface area contributed by atoms with E-state index in [-0.39, 0.29) is 19.0 Å². The molecule has 140 valence electrons. The molecule has 0 fully saturated rings. The molecule has 2 aromatic carbocycles. The van der Waals surface area contributed by atoms with Gasteiger partial charge in [-0.3, -0.25) is 9.10 Å². The summed E-state index contributed by atoms with van der Waals surface area (Å²) in [6, 6.07) is 14.8. The normalized spacial score (nSPS) is 11.2. The lowest BCUT2D eigenvalue weighted by molar-refractivity contribution is -0.120. The van der Waals surface area contributed by atoms with Crippen LogP contribution in [-0.4, -0.2) is 33.7 Å². The number of benzene rings is 2. The van der Waals surface area contributed by atoms with Crippen LogP contribution in [-0.2, 0) is 21.2 Å². The number of nitrogens with one attached hydrogen (secondary N) is 1. The SMILES string of the molecule is Cc1ccc(N(CCNC(=O)CCc2ccccc2)S(C)(=O)=O)cc1Cl. The van der Waals surface area contributed by atoms with Crippen molar-refractivity contribution in [3.8, 4) is 0 Å². The van der Waals surface area contributed by atoms with E-state index >= 15 is 0 Å². The minimum absolute atomic E-state index is 0.107. The number of hydrogen-bond donors (Lipinski definition) is 1. The van der Waals surface area contributed by atoms with Crippen molar-refractivity contribution in [2.45, 2.75) is 19.8 Å². The van der Waals surface area contributed by atoms with Gasteiger partial charge in [0, 0.05) is 18.0 Å². The smallest absolute Gasteiger partial charge is 0.232 e. The number of carbonyl (C=O) groups is 1. The third-order valence-corrected chi connectivity index (χ3v) is 5.57. The molecule has 0 radical (unpaired) electrons. The van der Waals surface area contributed by atoms with E-state index in [2.05, 4.69) is 5.32 Å². The first-order valence-corrected chi connectivity index (χ1v) is 10.5. The van der Waals surface area contributed by atoms with E-state index in [0.29, 0.717) is 23.6 Å². The summed E-state index contributed by atoms with van der Waals surface area (Å²) < 4.78 is 25.4. The highest BCUT2D eigenvalue weighted by Gasteiger charge is 2.18. The minimum Gasteiger partial charge on any atom is -0.354 e. The minimum atomic E-state index is -3.48. The largest absolute Gasteiger partial charge is 0.354 e. The van der Waals surface area contributed by atoms with Gasteiger partial charge in [-0.2, -0.15) is 0 Å². The average Bonchev–Trinajstić information content (AvgIpc) is 2.59. The highest BCUT2D eigenvalue weighted by Crippen LogP contribution is 2.24. The monoisotopic (exact) mass is 394 g/mol.